The molecular weight excluding hydrogens is 542 g/mol. The highest BCUT2D eigenvalue weighted by atomic mass is 16.5. The standard InChI is InChI=1S/C35H43N3O5/c1-24-35(32(41)42,29(27-16-10-11-17-28(27)43-3)33(2,31(39)40)30(36)37-24)20-23-38-21-18-34(19-22-38,25-12-6-4-7-13-25)26-14-8-5-9-15-26/h4-17,24,29-30,37H,18-23,36H2,1-3H3,(H,39,40)(H,41,42)/t24?,29?,30-,33?,35?/m1/s1. The van der Waals surface area contributed by atoms with Gasteiger partial charge in [-0.25, -0.2) is 0 Å². The predicted molar refractivity (Wildman–Crippen MR) is 166 cm³/mol. The van der Waals surface area contributed by atoms with Gasteiger partial charge in [-0.1, -0.05) is 78.9 Å². The Balaban J connectivity index is 1.48. The number of nitrogens with zero attached hydrogens (tertiary/aromatic N) is 1. The zero-order chi connectivity index (χ0) is 30.8. The van der Waals surface area contributed by atoms with E-state index in [0.717, 1.165) is 25.9 Å². The molecule has 0 radical (unpaired) electrons. The van der Waals surface area contributed by atoms with Crippen LogP contribution in [-0.2, 0) is 15.0 Å². The van der Waals surface area contributed by atoms with E-state index in [9.17, 15) is 19.8 Å². The number of likely N-dealkylation sites (tertiary alicyclic amines) is 1. The van der Waals surface area contributed by atoms with E-state index in [1.807, 2.05) is 19.1 Å². The number of ether oxygens (including phenoxy) is 1. The first-order valence-electron chi connectivity index (χ1n) is 15.1. The molecule has 4 unspecified atom stereocenters. The molecule has 3 aromatic rings. The molecule has 2 aliphatic heterocycles. The Bertz CT molecular complexity index is 1380. The van der Waals surface area contributed by atoms with Crippen LogP contribution in [0, 0.1) is 10.8 Å². The number of nitrogens with two attached hydrogens (primary N) is 1. The molecule has 2 aliphatic rings. The fourth-order valence-electron chi connectivity index (χ4n) is 7.85. The maximum absolute atomic E-state index is 13.5. The normalized spacial score (nSPS) is 29.1. The third kappa shape index (κ3) is 5.11. The second-order valence-electron chi connectivity index (χ2n) is 12.4. The highest BCUT2D eigenvalue weighted by molar-refractivity contribution is 5.84. The quantitative estimate of drug-likeness (QED) is 0.285. The Morgan fingerprint density at radius 1 is 0.907 bits per heavy atom. The lowest BCUT2D eigenvalue weighted by Gasteiger charge is -2.56. The third-order valence-corrected chi connectivity index (χ3v) is 10.5. The minimum Gasteiger partial charge on any atom is -0.496 e. The number of para-hydroxylation sites is 1. The first kappa shape index (κ1) is 30.7. The van der Waals surface area contributed by atoms with E-state index in [1.54, 1.807) is 31.2 Å². The predicted octanol–water partition coefficient (Wildman–Crippen LogP) is 4.69. The zero-order valence-corrected chi connectivity index (χ0v) is 25.2. The van der Waals surface area contributed by atoms with Crippen LogP contribution in [0.2, 0.25) is 0 Å². The van der Waals surface area contributed by atoms with Crippen LogP contribution in [0.5, 0.6) is 5.75 Å². The Labute approximate surface area is 253 Å². The first-order chi connectivity index (χ1) is 20.6. The molecular formula is C35H43N3O5. The van der Waals surface area contributed by atoms with E-state index in [4.69, 9.17) is 10.5 Å². The lowest BCUT2D eigenvalue weighted by Crippen LogP contribution is -2.72. The van der Waals surface area contributed by atoms with Gasteiger partial charge in [-0.05, 0) is 75.5 Å². The molecule has 5 atom stereocenters. The Morgan fingerprint density at radius 3 is 1.95 bits per heavy atom. The van der Waals surface area contributed by atoms with Crippen molar-refractivity contribution in [2.24, 2.45) is 16.6 Å². The number of methoxy groups -OCH3 is 1. The molecule has 8 nitrogen and oxygen atoms in total. The molecule has 2 heterocycles. The maximum atomic E-state index is 13.5. The van der Waals surface area contributed by atoms with Gasteiger partial charge in [0, 0.05) is 17.4 Å². The average molecular weight is 586 g/mol. The number of aliphatic carboxylic acids is 2. The number of nitrogens with one attached hydrogen (secondary N) is 1. The molecule has 2 saturated heterocycles. The maximum Gasteiger partial charge on any atom is 0.312 e. The Kier molecular flexibility index (Phi) is 8.65. The monoisotopic (exact) mass is 585 g/mol. The third-order valence-electron chi connectivity index (χ3n) is 10.5. The van der Waals surface area contributed by atoms with Crippen molar-refractivity contribution in [2.75, 3.05) is 26.7 Å². The van der Waals surface area contributed by atoms with Crippen LogP contribution in [0.15, 0.2) is 84.9 Å². The number of carbonyl (C=O) groups is 2. The topological polar surface area (TPSA) is 125 Å². The molecule has 5 rings (SSSR count). The fraction of sp³-hybridized carbons (Fsp3) is 0.429. The summed E-state index contributed by atoms with van der Waals surface area (Å²) in [6.45, 7) is 5.45. The van der Waals surface area contributed by atoms with E-state index < -0.39 is 40.9 Å². The summed E-state index contributed by atoms with van der Waals surface area (Å²) < 4.78 is 5.66. The minimum absolute atomic E-state index is 0.127. The molecule has 43 heavy (non-hydrogen) atoms. The summed E-state index contributed by atoms with van der Waals surface area (Å²) in [5, 5.41) is 24.8. The van der Waals surface area contributed by atoms with Crippen molar-refractivity contribution < 1.29 is 24.5 Å². The number of rotatable bonds is 9. The zero-order valence-electron chi connectivity index (χ0n) is 25.2. The van der Waals surface area contributed by atoms with E-state index >= 15 is 0 Å². The van der Waals surface area contributed by atoms with Crippen molar-refractivity contribution in [3.8, 4) is 5.75 Å². The van der Waals surface area contributed by atoms with Gasteiger partial charge in [0.15, 0.2) is 0 Å². The van der Waals surface area contributed by atoms with E-state index in [1.165, 1.54) is 18.2 Å². The number of hydrogen-bond acceptors (Lipinski definition) is 6. The average Bonchev–Trinajstić information content (AvgIpc) is 3.03. The summed E-state index contributed by atoms with van der Waals surface area (Å²) in [4.78, 5) is 28.8. The Morgan fingerprint density at radius 2 is 1.44 bits per heavy atom. The highest BCUT2D eigenvalue weighted by Gasteiger charge is 2.66. The summed E-state index contributed by atoms with van der Waals surface area (Å²) in [5.74, 6) is -2.67. The first-order valence-corrected chi connectivity index (χ1v) is 15.1. The molecule has 0 bridgehead atoms. The number of piperidine rings is 2. The second-order valence-corrected chi connectivity index (χ2v) is 12.4. The molecule has 8 heteroatoms. The van der Waals surface area contributed by atoms with Gasteiger partial charge >= 0.3 is 11.9 Å². The number of hydrogen-bond donors (Lipinski definition) is 4. The van der Waals surface area contributed by atoms with E-state index in [2.05, 4.69) is 58.7 Å². The van der Waals surface area contributed by atoms with Gasteiger partial charge in [0.2, 0.25) is 0 Å². The van der Waals surface area contributed by atoms with Crippen LogP contribution in [0.4, 0.5) is 0 Å². The summed E-state index contributed by atoms with van der Waals surface area (Å²) in [7, 11) is 1.52. The smallest absolute Gasteiger partial charge is 0.312 e. The van der Waals surface area contributed by atoms with Gasteiger partial charge in [0.05, 0.1) is 18.7 Å². The van der Waals surface area contributed by atoms with Crippen molar-refractivity contribution in [1.29, 1.82) is 0 Å². The summed E-state index contributed by atoms with van der Waals surface area (Å²) in [5.41, 5.74) is 6.40. The van der Waals surface area contributed by atoms with Crippen molar-refractivity contribution in [2.45, 2.75) is 56.7 Å². The minimum atomic E-state index is -1.61. The van der Waals surface area contributed by atoms with Gasteiger partial charge in [-0.15, -0.1) is 0 Å². The second kappa shape index (κ2) is 12.1. The molecule has 0 aliphatic carbocycles. The molecule has 5 N–H and O–H groups in total. The fourth-order valence-corrected chi connectivity index (χ4v) is 7.85. The van der Waals surface area contributed by atoms with E-state index in [-0.39, 0.29) is 11.8 Å². The van der Waals surface area contributed by atoms with Gasteiger partial charge < -0.3 is 25.6 Å². The summed E-state index contributed by atoms with van der Waals surface area (Å²) >= 11 is 0. The van der Waals surface area contributed by atoms with Gasteiger partial charge in [0.25, 0.3) is 0 Å². The summed E-state index contributed by atoms with van der Waals surface area (Å²) in [6, 6.07) is 27.7. The highest BCUT2D eigenvalue weighted by Crippen LogP contribution is 2.58. The van der Waals surface area contributed by atoms with Gasteiger partial charge in [-0.2, -0.15) is 0 Å². The van der Waals surface area contributed by atoms with Crippen LogP contribution in [0.3, 0.4) is 0 Å². The molecule has 0 saturated carbocycles. The van der Waals surface area contributed by atoms with Crippen molar-refractivity contribution in [3.05, 3.63) is 102 Å². The molecule has 0 aromatic heterocycles. The van der Waals surface area contributed by atoms with Crippen LogP contribution >= 0.6 is 0 Å². The SMILES string of the molecule is COc1ccccc1C1C(CCN2CCC(c3ccccc3)(c3ccccc3)CC2)(C(=O)O)C(C)N[C@@H](N)C1(C)C(=O)O. The number of carboxylic acids is 2. The molecule has 0 spiro atoms. The number of carboxylic acid groups (broad SMARTS) is 2. The van der Waals surface area contributed by atoms with Crippen LogP contribution < -0.4 is 15.8 Å². The van der Waals surface area contributed by atoms with E-state index in [0.29, 0.717) is 17.9 Å². The summed E-state index contributed by atoms with van der Waals surface area (Å²) in [6.07, 6.45) is 1.07. The lowest BCUT2D eigenvalue weighted by atomic mass is 9.52. The van der Waals surface area contributed by atoms with Gasteiger partial charge in [0.1, 0.15) is 11.2 Å². The largest absolute Gasteiger partial charge is 0.496 e. The van der Waals surface area contributed by atoms with Crippen molar-refractivity contribution in [3.63, 3.8) is 0 Å². The molecule has 2 fully saturated rings. The number of benzene rings is 3. The Hall–Kier alpha value is -3.72. The molecule has 0 amide bonds. The molecule has 228 valence electrons. The van der Waals surface area contributed by atoms with Crippen LogP contribution in [0.1, 0.15) is 55.7 Å². The van der Waals surface area contributed by atoms with Gasteiger partial charge in [-0.3, -0.25) is 14.9 Å². The van der Waals surface area contributed by atoms with Crippen molar-refractivity contribution >= 4 is 11.9 Å². The van der Waals surface area contributed by atoms with Crippen LogP contribution in [0.25, 0.3) is 0 Å². The van der Waals surface area contributed by atoms with Crippen LogP contribution in [-0.4, -0.2) is 66.0 Å². The lowest BCUT2D eigenvalue weighted by molar-refractivity contribution is -0.172. The van der Waals surface area contributed by atoms with Crippen molar-refractivity contribution in [1.82, 2.24) is 10.2 Å². The molecule has 3 aromatic carbocycles.